The lowest BCUT2D eigenvalue weighted by Crippen LogP contribution is -2.51. The van der Waals surface area contributed by atoms with Gasteiger partial charge in [0.1, 0.15) is 6.04 Å². The largest absolute Gasteiger partial charge is 0.480 e. The second kappa shape index (κ2) is 8.52. The average Bonchev–Trinajstić information content (AvgIpc) is 2.34. The molecule has 6 nitrogen and oxygen atoms in total. The topological polar surface area (TPSA) is 89.9 Å². The summed E-state index contributed by atoms with van der Waals surface area (Å²) in [6.07, 6.45) is 2.17. The van der Waals surface area contributed by atoms with Crippen LogP contribution in [0.3, 0.4) is 0 Å². The SMILES string of the molecule is C=CCN(CCO)C(=O)N[C@H](C(=O)O)C(C)CC. The van der Waals surface area contributed by atoms with Gasteiger partial charge in [-0.1, -0.05) is 26.3 Å². The fourth-order valence-electron chi connectivity index (χ4n) is 1.46. The van der Waals surface area contributed by atoms with Gasteiger partial charge in [-0.05, 0) is 5.92 Å². The van der Waals surface area contributed by atoms with Gasteiger partial charge in [0, 0.05) is 13.1 Å². The fraction of sp³-hybridized carbons (Fsp3) is 0.667. The highest BCUT2D eigenvalue weighted by Crippen LogP contribution is 2.08. The number of carbonyl (C=O) groups excluding carboxylic acids is 1. The number of hydrogen-bond donors (Lipinski definition) is 3. The lowest BCUT2D eigenvalue weighted by molar-refractivity contribution is -0.140. The van der Waals surface area contributed by atoms with Crippen molar-refractivity contribution in [2.24, 2.45) is 5.92 Å². The van der Waals surface area contributed by atoms with Crippen LogP contribution in [0.2, 0.25) is 0 Å². The van der Waals surface area contributed by atoms with Gasteiger partial charge in [-0.2, -0.15) is 0 Å². The monoisotopic (exact) mass is 258 g/mol. The maximum Gasteiger partial charge on any atom is 0.326 e. The minimum atomic E-state index is -1.06. The Morgan fingerprint density at radius 1 is 1.50 bits per heavy atom. The number of aliphatic hydroxyl groups excluding tert-OH is 1. The van der Waals surface area contributed by atoms with E-state index in [1.165, 1.54) is 11.0 Å². The van der Waals surface area contributed by atoms with Crippen LogP contribution in [0.25, 0.3) is 0 Å². The molecular weight excluding hydrogens is 236 g/mol. The molecule has 0 bridgehead atoms. The number of carboxylic acid groups (broad SMARTS) is 1. The zero-order chi connectivity index (χ0) is 14.1. The molecule has 0 heterocycles. The van der Waals surface area contributed by atoms with Crippen molar-refractivity contribution in [2.45, 2.75) is 26.3 Å². The molecule has 0 aliphatic rings. The standard InChI is InChI=1S/C12H22N2O4/c1-4-6-14(7-8-15)12(18)13-10(11(16)17)9(3)5-2/h4,9-10,15H,1,5-8H2,2-3H3,(H,13,18)(H,16,17)/t9?,10-/m0/s1. The van der Waals surface area contributed by atoms with Crippen molar-refractivity contribution in [3.05, 3.63) is 12.7 Å². The van der Waals surface area contributed by atoms with Gasteiger partial charge in [0.25, 0.3) is 0 Å². The number of amides is 2. The summed E-state index contributed by atoms with van der Waals surface area (Å²) in [6, 6.07) is -1.43. The Labute approximate surface area is 107 Å². The first-order valence-electron chi connectivity index (χ1n) is 5.97. The van der Waals surface area contributed by atoms with Gasteiger partial charge >= 0.3 is 12.0 Å². The molecule has 18 heavy (non-hydrogen) atoms. The molecule has 0 aliphatic carbocycles. The van der Waals surface area contributed by atoms with Crippen LogP contribution in [0.5, 0.6) is 0 Å². The van der Waals surface area contributed by atoms with Crippen LogP contribution >= 0.6 is 0 Å². The van der Waals surface area contributed by atoms with Crippen LogP contribution in [0, 0.1) is 5.92 Å². The highest BCUT2D eigenvalue weighted by molar-refractivity contribution is 5.82. The molecule has 0 aliphatic heterocycles. The lowest BCUT2D eigenvalue weighted by atomic mass is 9.99. The number of aliphatic hydroxyl groups is 1. The number of carbonyl (C=O) groups is 2. The van der Waals surface area contributed by atoms with Crippen molar-refractivity contribution in [1.82, 2.24) is 10.2 Å². The molecule has 2 atom stereocenters. The van der Waals surface area contributed by atoms with Gasteiger partial charge in [-0.3, -0.25) is 0 Å². The normalized spacial score (nSPS) is 13.5. The fourth-order valence-corrected chi connectivity index (χ4v) is 1.46. The van der Waals surface area contributed by atoms with Crippen LogP contribution in [0.1, 0.15) is 20.3 Å². The Hall–Kier alpha value is -1.56. The van der Waals surface area contributed by atoms with Crippen LogP contribution < -0.4 is 5.32 Å². The molecule has 0 spiro atoms. The summed E-state index contributed by atoms with van der Waals surface area (Å²) < 4.78 is 0. The molecule has 0 aromatic rings. The van der Waals surface area contributed by atoms with E-state index >= 15 is 0 Å². The first-order chi connectivity index (χ1) is 8.47. The second-order valence-electron chi connectivity index (χ2n) is 4.11. The van der Waals surface area contributed by atoms with Crippen molar-refractivity contribution < 1.29 is 19.8 Å². The molecule has 0 saturated carbocycles. The molecule has 0 saturated heterocycles. The first-order valence-corrected chi connectivity index (χ1v) is 5.97. The number of urea groups is 1. The molecule has 1 unspecified atom stereocenters. The lowest BCUT2D eigenvalue weighted by Gasteiger charge is -2.25. The second-order valence-corrected chi connectivity index (χ2v) is 4.11. The molecule has 3 N–H and O–H groups in total. The van der Waals surface area contributed by atoms with Crippen molar-refractivity contribution in [2.75, 3.05) is 19.7 Å². The smallest absolute Gasteiger partial charge is 0.326 e. The van der Waals surface area contributed by atoms with Crippen molar-refractivity contribution in [3.8, 4) is 0 Å². The summed E-state index contributed by atoms with van der Waals surface area (Å²) in [7, 11) is 0. The first kappa shape index (κ1) is 16.4. The molecular formula is C12H22N2O4. The number of carboxylic acids is 1. The summed E-state index contributed by atoms with van der Waals surface area (Å²) in [4.78, 5) is 24.2. The quantitative estimate of drug-likeness (QED) is 0.558. The van der Waals surface area contributed by atoms with Gasteiger partial charge in [0.2, 0.25) is 0 Å². The summed E-state index contributed by atoms with van der Waals surface area (Å²) in [6.45, 7) is 7.37. The number of aliphatic carboxylic acids is 1. The third-order valence-electron chi connectivity index (χ3n) is 2.76. The molecule has 104 valence electrons. The van der Waals surface area contributed by atoms with Gasteiger partial charge in [0.15, 0.2) is 0 Å². The third kappa shape index (κ3) is 5.18. The van der Waals surface area contributed by atoms with E-state index in [4.69, 9.17) is 10.2 Å². The predicted octanol–water partition coefficient (Wildman–Crippen LogP) is 0.676. The number of hydrogen-bond acceptors (Lipinski definition) is 3. The van der Waals surface area contributed by atoms with Gasteiger partial charge in [-0.25, -0.2) is 9.59 Å². The molecule has 0 aromatic carbocycles. The Balaban J connectivity index is 4.64. The third-order valence-corrected chi connectivity index (χ3v) is 2.76. The van der Waals surface area contributed by atoms with E-state index < -0.39 is 18.0 Å². The maximum atomic E-state index is 11.9. The summed E-state index contributed by atoms with van der Waals surface area (Å²) >= 11 is 0. The highest BCUT2D eigenvalue weighted by Gasteiger charge is 2.26. The molecule has 2 amide bonds. The molecule has 6 heteroatoms. The van der Waals surface area contributed by atoms with Gasteiger partial charge < -0.3 is 20.4 Å². The Bertz CT molecular complexity index is 294. The number of nitrogens with zero attached hydrogens (tertiary/aromatic N) is 1. The molecule has 0 aromatic heterocycles. The zero-order valence-electron chi connectivity index (χ0n) is 10.9. The van der Waals surface area contributed by atoms with Gasteiger partial charge in [-0.15, -0.1) is 6.58 Å². The van der Waals surface area contributed by atoms with Crippen molar-refractivity contribution in [3.63, 3.8) is 0 Å². The summed E-state index contributed by atoms with van der Waals surface area (Å²) in [5.74, 6) is -1.22. The molecule has 0 rings (SSSR count). The maximum absolute atomic E-state index is 11.9. The average molecular weight is 258 g/mol. The number of rotatable bonds is 8. The minimum Gasteiger partial charge on any atom is -0.480 e. The van der Waals surface area contributed by atoms with E-state index in [2.05, 4.69) is 11.9 Å². The molecule has 0 fully saturated rings. The van der Waals surface area contributed by atoms with Crippen molar-refractivity contribution in [1.29, 1.82) is 0 Å². The van der Waals surface area contributed by atoms with Crippen LogP contribution in [-0.4, -0.2) is 52.9 Å². The Morgan fingerprint density at radius 3 is 2.50 bits per heavy atom. The van der Waals surface area contributed by atoms with Crippen LogP contribution in [0.4, 0.5) is 4.79 Å². The van der Waals surface area contributed by atoms with E-state index in [1.807, 2.05) is 6.92 Å². The van der Waals surface area contributed by atoms with Crippen LogP contribution in [0.15, 0.2) is 12.7 Å². The molecule has 0 radical (unpaired) electrons. The highest BCUT2D eigenvalue weighted by atomic mass is 16.4. The van der Waals surface area contributed by atoms with E-state index in [0.717, 1.165) is 0 Å². The summed E-state index contributed by atoms with van der Waals surface area (Å²) in [5.41, 5.74) is 0. The van der Waals surface area contributed by atoms with E-state index in [0.29, 0.717) is 6.42 Å². The van der Waals surface area contributed by atoms with Crippen molar-refractivity contribution >= 4 is 12.0 Å². The zero-order valence-corrected chi connectivity index (χ0v) is 10.9. The Morgan fingerprint density at radius 2 is 2.11 bits per heavy atom. The number of nitrogens with one attached hydrogen (secondary N) is 1. The minimum absolute atomic E-state index is 0.144. The Kier molecular flexibility index (Phi) is 7.78. The van der Waals surface area contributed by atoms with E-state index in [1.54, 1.807) is 6.92 Å². The van der Waals surface area contributed by atoms with Crippen LogP contribution in [-0.2, 0) is 4.79 Å². The van der Waals surface area contributed by atoms with Gasteiger partial charge in [0.05, 0.1) is 6.61 Å². The van der Waals surface area contributed by atoms with E-state index in [9.17, 15) is 9.59 Å². The predicted molar refractivity (Wildman–Crippen MR) is 68.3 cm³/mol. The summed E-state index contributed by atoms with van der Waals surface area (Å²) in [5, 5.41) is 20.4. The van der Waals surface area contributed by atoms with E-state index in [-0.39, 0.29) is 25.6 Å².